The number of hydrogen-bond acceptors (Lipinski definition) is 3. The molecule has 4 heteroatoms. The summed E-state index contributed by atoms with van der Waals surface area (Å²) < 4.78 is 2.33. The molecule has 0 radical (unpaired) electrons. The number of aromatic nitrogens is 3. The zero-order valence-electron chi connectivity index (χ0n) is 11.3. The molecular weight excluding hydrogens is 212 g/mol. The van der Waals surface area contributed by atoms with E-state index >= 15 is 0 Å². The van der Waals surface area contributed by atoms with Gasteiger partial charge in [0, 0.05) is 12.0 Å². The average molecular weight is 236 g/mol. The topological polar surface area (TPSA) is 42.7 Å². The maximum absolute atomic E-state index is 4.49. The summed E-state index contributed by atoms with van der Waals surface area (Å²) in [6.07, 6.45) is 4.68. The van der Waals surface area contributed by atoms with Crippen LogP contribution in [0.15, 0.2) is 0 Å². The van der Waals surface area contributed by atoms with Gasteiger partial charge in [-0.15, -0.1) is 10.2 Å². The van der Waals surface area contributed by atoms with Gasteiger partial charge in [-0.1, -0.05) is 13.8 Å². The lowest BCUT2D eigenvalue weighted by molar-refractivity contribution is 0.271. The Labute approximate surface area is 104 Å². The van der Waals surface area contributed by atoms with Crippen LogP contribution in [0.25, 0.3) is 0 Å². The number of aryl methyl sites for hydroxylation is 1. The van der Waals surface area contributed by atoms with Crippen molar-refractivity contribution in [3.63, 3.8) is 0 Å². The smallest absolute Gasteiger partial charge is 0.139 e. The fourth-order valence-corrected chi connectivity index (χ4v) is 2.91. The van der Waals surface area contributed by atoms with E-state index in [0.29, 0.717) is 0 Å². The first-order chi connectivity index (χ1) is 8.23. The van der Waals surface area contributed by atoms with Crippen molar-refractivity contribution < 1.29 is 0 Å². The molecule has 1 fully saturated rings. The highest BCUT2D eigenvalue weighted by Crippen LogP contribution is 2.35. The highest BCUT2D eigenvalue weighted by molar-refractivity contribution is 5.12. The van der Waals surface area contributed by atoms with Crippen molar-refractivity contribution in [2.45, 2.75) is 58.4 Å². The number of rotatable bonds is 4. The van der Waals surface area contributed by atoms with E-state index < -0.39 is 0 Å². The van der Waals surface area contributed by atoms with Crippen molar-refractivity contribution in [3.05, 3.63) is 11.6 Å². The lowest BCUT2D eigenvalue weighted by Crippen LogP contribution is -2.41. The Bertz CT molecular complexity index is 363. The van der Waals surface area contributed by atoms with Crippen molar-refractivity contribution >= 4 is 0 Å². The fourth-order valence-electron chi connectivity index (χ4n) is 2.91. The summed E-state index contributed by atoms with van der Waals surface area (Å²) in [6, 6.07) is 0. The largest absolute Gasteiger partial charge is 0.317 e. The molecule has 4 nitrogen and oxygen atoms in total. The summed E-state index contributed by atoms with van der Waals surface area (Å²) in [4.78, 5) is 0. The second kappa shape index (κ2) is 5.17. The molecule has 0 saturated carbocycles. The molecule has 0 bridgehead atoms. The van der Waals surface area contributed by atoms with Crippen LogP contribution < -0.4 is 5.32 Å². The van der Waals surface area contributed by atoms with E-state index in [1.165, 1.54) is 18.7 Å². The standard InChI is InChI=1S/C13H24N4/c1-4-10-17-11(3)15-16-12(17)13(5-2)6-8-14-9-7-13/h14H,4-10H2,1-3H3. The molecule has 1 saturated heterocycles. The number of nitrogens with zero attached hydrogens (tertiary/aromatic N) is 3. The molecule has 1 aromatic heterocycles. The third-order valence-electron chi connectivity index (χ3n) is 4.09. The van der Waals surface area contributed by atoms with E-state index in [4.69, 9.17) is 0 Å². The molecule has 0 aliphatic carbocycles. The predicted octanol–water partition coefficient (Wildman–Crippen LogP) is 2.03. The highest BCUT2D eigenvalue weighted by atomic mass is 15.3. The van der Waals surface area contributed by atoms with Crippen LogP contribution in [0.1, 0.15) is 51.2 Å². The molecule has 96 valence electrons. The summed E-state index contributed by atoms with van der Waals surface area (Å²) in [7, 11) is 0. The quantitative estimate of drug-likeness (QED) is 0.870. The molecule has 0 unspecified atom stereocenters. The summed E-state index contributed by atoms with van der Waals surface area (Å²) >= 11 is 0. The van der Waals surface area contributed by atoms with Crippen LogP contribution in [-0.4, -0.2) is 27.9 Å². The molecular formula is C13H24N4. The van der Waals surface area contributed by atoms with Gasteiger partial charge < -0.3 is 9.88 Å². The fraction of sp³-hybridized carbons (Fsp3) is 0.846. The van der Waals surface area contributed by atoms with Crippen LogP contribution in [-0.2, 0) is 12.0 Å². The van der Waals surface area contributed by atoms with Gasteiger partial charge in [0.1, 0.15) is 11.6 Å². The number of hydrogen-bond donors (Lipinski definition) is 1. The van der Waals surface area contributed by atoms with Crippen molar-refractivity contribution in [2.75, 3.05) is 13.1 Å². The normalized spacial score (nSPS) is 19.5. The predicted molar refractivity (Wildman–Crippen MR) is 69.1 cm³/mol. The first-order valence-electron chi connectivity index (χ1n) is 6.84. The Kier molecular flexibility index (Phi) is 3.82. The van der Waals surface area contributed by atoms with E-state index in [9.17, 15) is 0 Å². The minimum absolute atomic E-state index is 0.252. The average Bonchev–Trinajstić information content (AvgIpc) is 2.73. The minimum Gasteiger partial charge on any atom is -0.317 e. The van der Waals surface area contributed by atoms with Crippen molar-refractivity contribution in [2.24, 2.45) is 0 Å². The number of piperidine rings is 1. The first kappa shape index (κ1) is 12.6. The summed E-state index contributed by atoms with van der Waals surface area (Å²) in [6.45, 7) is 9.81. The lowest BCUT2D eigenvalue weighted by atomic mass is 9.76. The second-order valence-corrected chi connectivity index (χ2v) is 5.11. The van der Waals surface area contributed by atoms with Crippen molar-refractivity contribution in [3.8, 4) is 0 Å². The Morgan fingerprint density at radius 1 is 1.24 bits per heavy atom. The molecule has 2 rings (SSSR count). The van der Waals surface area contributed by atoms with Gasteiger partial charge in [0.15, 0.2) is 0 Å². The zero-order valence-corrected chi connectivity index (χ0v) is 11.3. The van der Waals surface area contributed by atoms with E-state index in [1.54, 1.807) is 0 Å². The second-order valence-electron chi connectivity index (χ2n) is 5.11. The molecule has 1 aliphatic rings. The zero-order chi connectivity index (χ0) is 12.3. The third kappa shape index (κ3) is 2.23. The van der Waals surface area contributed by atoms with Gasteiger partial charge in [0.25, 0.3) is 0 Å². The van der Waals surface area contributed by atoms with Gasteiger partial charge in [-0.05, 0) is 45.7 Å². The molecule has 0 spiro atoms. The van der Waals surface area contributed by atoms with Gasteiger partial charge in [0.05, 0.1) is 0 Å². The molecule has 0 aromatic carbocycles. The van der Waals surface area contributed by atoms with Crippen LogP contribution in [0.3, 0.4) is 0 Å². The Hall–Kier alpha value is -0.900. The van der Waals surface area contributed by atoms with Gasteiger partial charge in [0.2, 0.25) is 0 Å². The highest BCUT2D eigenvalue weighted by Gasteiger charge is 2.36. The third-order valence-corrected chi connectivity index (χ3v) is 4.09. The minimum atomic E-state index is 0.252. The summed E-state index contributed by atoms with van der Waals surface area (Å²) in [5, 5.41) is 12.2. The van der Waals surface area contributed by atoms with E-state index in [2.05, 4.69) is 40.9 Å². The van der Waals surface area contributed by atoms with Crippen LogP contribution in [0.2, 0.25) is 0 Å². The van der Waals surface area contributed by atoms with Gasteiger partial charge in [-0.3, -0.25) is 0 Å². The van der Waals surface area contributed by atoms with Crippen LogP contribution in [0.4, 0.5) is 0 Å². The first-order valence-corrected chi connectivity index (χ1v) is 6.84. The van der Waals surface area contributed by atoms with Gasteiger partial charge in [-0.25, -0.2) is 0 Å². The Morgan fingerprint density at radius 2 is 1.94 bits per heavy atom. The van der Waals surface area contributed by atoms with Crippen molar-refractivity contribution in [1.82, 2.24) is 20.1 Å². The monoisotopic (exact) mass is 236 g/mol. The van der Waals surface area contributed by atoms with Crippen molar-refractivity contribution in [1.29, 1.82) is 0 Å². The molecule has 1 aliphatic heterocycles. The SMILES string of the molecule is CCCn1c(C)nnc1C1(CC)CCNCC1. The van der Waals surface area contributed by atoms with Crippen LogP contribution in [0, 0.1) is 6.92 Å². The van der Waals surface area contributed by atoms with E-state index in [1.807, 2.05) is 0 Å². The van der Waals surface area contributed by atoms with E-state index in [-0.39, 0.29) is 5.41 Å². The van der Waals surface area contributed by atoms with Crippen LogP contribution >= 0.6 is 0 Å². The van der Waals surface area contributed by atoms with Gasteiger partial charge >= 0.3 is 0 Å². The molecule has 0 amide bonds. The lowest BCUT2D eigenvalue weighted by Gasteiger charge is -2.36. The van der Waals surface area contributed by atoms with E-state index in [0.717, 1.165) is 38.3 Å². The Morgan fingerprint density at radius 3 is 2.53 bits per heavy atom. The molecule has 2 heterocycles. The molecule has 17 heavy (non-hydrogen) atoms. The maximum atomic E-state index is 4.49. The summed E-state index contributed by atoms with van der Waals surface area (Å²) in [5.41, 5.74) is 0.252. The van der Waals surface area contributed by atoms with Crippen LogP contribution in [0.5, 0.6) is 0 Å². The number of nitrogens with one attached hydrogen (secondary N) is 1. The van der Waals surface area contributed by atoms with Gasteiger partial charge in [-0.2, -0.15) is 0 Å². The Balaban J connectivity index is 2.35. The molecule has 1 N–H and O–H groups in total. The molecule has 0 atom stereocenters. The maximum Gasteiger partial charge on any atom is 0.139 e. The molecule has 1 aromatic rings. The summed E-state index contributed by atoms with van der Waals surface area (Å²) in [5.74, 6) is 2.29.